The van der Waals surface area contributed by atoms with Crippen LogP contribution in [0.15, 0.2) is 24.3 Å². The lowest BCUT2D eigenvalue weighted by Gasteiger charge is -2.18. The number of aliphatic carboxylic acids is 2. The van der Waals surface area contributed by atoms with E-state index in [9.17, 15) is 14.4 Å². The maximum Gasteiger partial charge on any atom is 0.317 e. The third kappa shape index (κ3) is 9.50. The Balaban J connectivity index is 2.36. The monoisotopic (exact) mass is 392 g/mol. The van der Waals surface area contributed by atoms with Crippen LogP contribution in [0.1, 0.15) is 50.7 Å². The zero-order valence-corrected chi connectivity index (χ0v) is 17.0. The van der Waals surface area contributed by atoms with Crippen LogP contribution in [0.25, 0.3) is 0 Å². The number of carbonyl (C=O) groups excluding carboxylic acids is 1. The molecular weight excluding hydrogens is 360 g/mol. The van der Waals surface area contributed by atoms with E-state index in [2.05, 4.69) is 31.3 Å². The van der Waals surface area contributed by atoms with E-state index in [-0.39, 0.29) is 24.9 Å². The number of hydrogen-bond donors (Lipinski definition) is 3. The summed E-state index contributed by atoms with van der Waals surface area (Å²) in [7, 11) is 0. The number of benzene rings is 1. The van der Waals surface area contributed by atoms with Crippen molar-refractivity contribution in [2.75, 3.05) is 26.2 Å². The minimum Gasteiger partial charge on any atom is -0.480 e. The second-order valence-electron chi connectivity index (χ2n) is 7.56. The molecule has 1 amide bonds. The van der Waals surface area contributed by atoms with Gasteiger partial charge in [0.15, 0.2) is 0 Å². The van der Waals surface area contributed by atoms with Gasteiger partial charge in [-0.1, -0.05) is 38.1 Å². The molecule has 0 aliphatic carbocycles. The fraction of sp³-hybridized carbons (Fsp3) is 0.571. The van der Waals surface area contributed by atoms with Crippen LogP contribution in [0.2, 0.25) is 0 Å². The van der Waals surface area contributed by atoms with Gasteiger partial charge in [-0.05, 0) is 49.8 Å². The molecule has 1 atom stereocenters. The van der Waals surface area contributed by atoms with E-state index in [0.717, 1.165) is 12.0 Å². The topological polar surface area (TPSA) is 107 Å². The number of nitrogens with zero attached hydrogens (tertiary/aromatic N) is 1. The minimum absolute atomic E-state index is 0.0514. The maximum absolute atomic E-state index is 12.3. The van der Waals surface area contributed by atoms with Gasteiger partial charge in [0.25, 0.3) is 0 Å². The maximum atomic E-state index is 12.3. The van der Waals surface area contributed by atoms with Crippen LogP contribution in [0, 0.1) is 5.92 Å². The first-order chi connectivity index (χ1) is 13.2. The Kier molecular flexibility index (Phi) is 10.2. The fourth-order valence-corrected chi connectivity index (χ4v) is 2.99. The molecule has 0 aromatic heterocycles. The highest BCUT2D eigenvalue weighted by atomic mass is 16.4. The normalized spacial score (nSPS) is 12.2. The summed E-state index contributed by atoms with van der Waals surface area (Å²) < 4.78 is 0. The predicted molar refractivity (Wildman–Crippen MR) is 107 cm³/mol. The summed E-state index contributed by atoms with van der Waals surface area (Å²) in [5.41, 5.74) is 2.23. The van der Waals surface area contributed by atoms with Gasteiger partial charge in [0.05, 0.1) is 19.0 Å². The fourth-order valence-electron chi connectivity index (χ4n) is 2.99. The molecule has 0 aliphatic heterocycles. The van der Waals surface area contributed by atoms with Crippen molar-refractivity contribution in [3.63, 3.8) is 0 Å². The summed E-state index contributed by atoms with van der Waals surface area (Å²) in [5.74, 6) is -1.81. The smallest absolute Gasteiger partial charge is 0.317 e. The highest BCUT2D eigenvalue weighted by Gasteiger charge is 2.15. The number of unbranched alkanes of at least 4 members (excludes halogenated alkanes) is 1. The number of rotatable bonds is 13. The van der Waals surface area contributed by atoms with Crippen LogP contribution < -0.4 is 5.32 Å². The molecule has 0 bridgehead atoms. The lowest BCUT2D eigenvalue weighted by atomic mass is 9.96. The summed E-state index contributed by atoms with van der Waals surface area (Å²) in [5, 5.41) is 20.5. The molecule has 0 saturated heterocycles. The molecule has 0 unspecified atom stereocenters. The standard InChI is InChI=1S/C21H32N2O5/c1-15(2)12-17-6-8-18(9-7-17)16(3)21(28)22-10-4-5-11-23(13-19(24)25)14-20(26)27/h6-9,15-16H,4-5,10-14H2,1-3H3,(H,22,28)(H,24,25)(H,26,27)/t16-/m1/s1. The van der Waals surface area contributed by atoms with Gasteiger partial charge in [-0.25, -0.2) is 0 Å². The first-order valence-electron chi connectivity index (χ1n) is 9.71. The summed E-state index contributed by atoms with van der Waals surface area (Å²) >= 11 is 0. The lowest BCUT2D eigenvalue weighted by molar-refractivity contribution is -0.141. The van der Waals surface area contributed by atoms with Crippen LogP contribution in [-0.4, -0.2) is 59.1 Å². The van der Waals surface area contributed by atoms with Crippen LogP contribution in [0.3, 0.4) is 0 Å². The first kappa shape index (κ1) is 23.6. The second kappa shape index (κ2) is 12.1. The molecule has 0 saturated carbocycles. The quantitative estimate of drug-likeness (QED) is 0.445. The molecule has 28 heavy (non-hydrogen) atoms. The van der Waals surface area contributed by atoms with Crippen molar-refractivity contribution < 1.29 is 24.6 Å². The molecular formula is C21H32N2O5. The van der Waals surface area contributed by atoms with Crippen molar-refractivity contribution in [1.29, 1.82) is 0 Å². The molecule has 1 aromatic rings. The Morgan fingerprint density at radius 1 is 0.964 bits per heavy atom. The molecule has 0 spiro atoms. The van der Waals surface area contributed by atoms with Gasteiger partial charge < -0.3 is 15.5 Å². The zero-order chi connectivity index (χ0) is 21.1. The SMILES string of the molecule is CC(C)Cc1ccc([C@@H](C)C(=O)NCCCCN(CC(=O)O)CC(=O)O)cc1. The number of nitrogens with one attached hydrogen (secondary N) is 1. The third-order valence-electron chi connectivity index (χ3n) is 4.44. The van der Waals surface area contributed by atoms with Crippen LogP contribution in [-0.2, 0) is 20.8 Å². The summed E-state index contributed by atoms with van der Waals surface area (Å²) in [6.07, 6.45) is 2.28. The molecule has 0 radical (unpaired) electrons. The third-order valence-corrected chi connectivity index (χ3v) is 4.44. The van der Waals surface area contributed by atoms with Crippen LogP contribution in [0.5, 0.6) is 0 Å². The van der Waals surface area contributed by atoms with Crippen molar-refractivity contribution in [3.05, 3.63) is 35.4 Å². The van der Waals surface area contributed by atoms with E-state index < -0.39 is 11.9 Å². The van der Waals surface area contributed by atoms with Crippen molar-refractivity contribution in [2.24, 2.45) is 5.92 Å². The largest absolute Gasteiger partial charge is 0.480 e. The van der Waals surface area contributed by atoms with Gasteiger partial charge in [0.1, 0.15) is 0 Å². The van der Waals surface area contributed by atoms with E-state index in [0.29, 0.717) is 31.8 Å². The van der Waals surface area contributed by atoms with Crippen molar-refractivity contribution in [1.82, 2.24) is 10.2 Å². The predicted octanol–water partition coefficient (Wildman–Crippen LogP) is 2.36. The Morgan fingerprint density at radius 2 is 1.54 bits per heavy atom. The number of carboxylic acids is 2. The number of amides is 1. The zero-order valence-electron chi connectivity index (χ0n) is 17.0. The van der Waals surface area contributed by atoms with Crippen LogP contribution in [0.4, 0.5) is 0 Å². The van der Waals surface area contributed by atoms with Gasteiger partial charge in [0.2, 0.25) is 5.91 Å². The molecule has 1 rings (SSSR count). The number of carbonyl (C=O) groups is 3. The molecule has 7 nitrogen and oxygen atoms in total. The Hall–Kier alpha value is -2.41. The summed E-state index contributed by atoms with van der Waals surface area (Å²) in [4.78, 5) is 35.2. The minimum atomic E-state index is -1.05. The van der Waals surface area contributed by atoms with Crippen LogP contribution >= 0.6 is 0 Å². The second-order valence-corrected chi connectivity index (χ2v) is 7.56. The Morgan fingerprint density at radius 3 is 2.04 bits per heavy atom. The van der Waals surface area contributed by atoms with E-state index in [4.69, 9.17) is 10.2 Å². The highest BCUT2D eigenvalue weighted by Crippen LogP contribution is 2.17. The van der Waals surface area contributed by atoms with E-state index in [1.807, 2.05) is 19.1 Å². The molecule has 3 N–H and O–H groups in total. The number of hydrogen-bond acceptors (Lipinski definition) is 4. The van der Waals surface area contributed by atoms with E-state index in [1.54, 1.807) is 0 Å². The van der Waals surface area contributed by atoms with Crippen molar-refractivity contribution in [2.45, 2.75) is 46.0 Å². The lowest BCUT2D eigenvalue weighted by Crippen LogP contribution is -2.35. The molecule has 0 aliphatic rings. The molecule has 0 heterocycles. The molecule has 1 aromatic carbocycles. The summed E-state index contributed by atoms with van der Waals surface area (Å²) in [6, 6.07) is 8.13. The van der Waals surface area contributed by atoms with Gasteiger partial charge in [-0.15, -0.1) is 0 Å². The van der Waals surface area contributed by atoms with E-state index >= 15 is 0 Å². The van der Waals surface area contributed by atoms with Gasteiger partial charge in [-0.2, -0.15) is 0 Å². The number of carboxylic acid groups (broad SMARTS) is 2. The average molecular weight is 392 g/mol. The molecule has 0 fully saturated rings. The van der Waals surface area contributed by atoms with E-state index in [1.165, 1.54) is 10.5 Å². The Bertz CT molecular complexity index is 627. The van der Waals surface area contributed by atoms with Crippen molar-refractivity contribution in [3.8, 4) is 0 Å². The van der Waals surface area contributed by atoms with Crippen molar-refractivity contribution >= 4 is 17.8 Å². The van der Waals surface area contributed by atoms with Gasteiger partial charge in [-0.3, -0.25) is 19.3 Å². The highest BCUT2D eigenvalue weighted by molar-refractivity contribution is 5.83. The molecule has 156 valence electrons. The van der Waals surface area contributed by atoms with Gasteiger partial charge >= 0.3 is 11.9 Å². The first-order valence-corrected chi connectivity index (χ1v) is 9.71. The van der Waals surface area contributed by atoms with Gasteiger partial charge in [0, 0.05) is 6.54 Å². The average Bonchev–Trinajstić information content (AvgIpc) is 2.59. The molecule has 7 heteroatoms. The Labute approximate surface area is 166 Å². The summed E-state index contributed by atoms with van der Waals surface area (Å²) in [6.45, 7) is 6.45.